The van der Waals surface area contributed by atoms with Crippen LogP contribution >= 0.6 is 34.9 Å². The molecule has 1 aromatic heterocycles. The van der Waals surface area contributed by atoms with Crippen molar-refractivity contribution in [1.82, 2.24) is 15.1 Å². The van der Waals surface area contributed by atoms with Gasteiger partial charge in [-0.05, 0) is 17.7 Å². The average Bonchev–Trinajstić information content (AvgIpc) is 3.14. The van der Waals surface area contributed by atoms with Gasteiger partial charge >= 0.3 is 0 Å². The molecule has 3 rings (SSSR count). The highest BCUT2D eigenvalue weighted by Gasteiger charge is 2.12. The van der Waals surface area contributed by atoms with E-state index in [0.717, 1.165) is 34.8 Å². The largest absolute Gasteiger partial charge is 0.357 e. The Kier molecular flexibility index (Phi) is 8.00. The molecule has 0 atom stereocenters. The molecule has 27 heavy (non-hydrogen) atoms. The molecule has 1 aliphatic rings. The lowest BCUT2D eigenvalue weighted by Gasteiger charge is -2.26. The molecule has 1 aliphatic heterocycles. The minimum absolute atomic E-state index is 0.0395. The summed E-state index contributed by atoms with van der Waals surface area (Å²) in [4.78, 5) is 14.7. The van der Waals surface area contributed by atoms with Gasteiger partial charge in [0.1, 0.15) is 0 Å². The van der Waals surface area contributed by atoms with Crippen molar-refractivity contribution in [3.63, 3.8) is 0 Å². The van der Waals surface area contributed by atoms with Crippen molar-refractivity contribution in [2.75, 3.05) is 47.5 Å². The summed E-state index contributed by atoms with van der Waals surface area (Å²) in [6.45, 7) is 7.49. The standard InChI is InChI=1S/C18H23N5OS3/c1-2-6-19-17-21-22-18(27-17)26-13-16(24)20-15-5-3-4-14(11-15)12-23-7-9-25-10-8-23/h2-5,11H,1,6-10,12-13H2,(H,19,21)(H,20,24). The number of rotatable bonds is 9. The normalized spacial score (nSPS) is 14.7. The van der Waals surface area contributed by atoms with Gasteiger partial charge in [0.05, 0.1) is 5.75 Å². The fourth-order valence-electron chi connectivity index (χ4n) is 2.59. The monoisotopic (exact) mass is 421 g/mol. The zero-order valence-corrected chi connectivity index (χ0v) is 17.5. The third-order valence-electron chi connectivity index (χ3n) is 3.85. The van der Waals surface area contributed by atoms with E-state index < -0.39 is 0 Å². The lowest BCUT2D eigenvalue weighted by Crippen LogP contribution is -2.31. The van der Waals surface area contributed by atoms with Crippen LogP contribution < -0.4 is 10.6 Å². The first-order valence-corrected chi connectivity index (χ1v) is 11.7. The van der Waals surface area contributed by atoms with Gasteiger partial charge < -0.3 is 10.6 Å². The fourth-order valence-corrected chi connectivity index (χ4v) is 5.13. The molecule has 9 heteroatoms. The van der Waals surface area contributed by atoms with Crippen molar-refractivity contribution in [3.8, 4) is 0 Å². The van der Waals surface area contributed by atoms with Crippen LogP contribution in [-0.2, 0) is 11.3 Å². The first-order valence-electron chi connectivity index (χ1n) is 8.73. The van der Waals surface area contributed by atoms with Crippen LogP contribution in [0.3, 0.4) is 0 Å². The first-order chi connectivity index (χ1) is 13.2. The van der Waals surface area contributed by atoms with Crippen LogP contribution in [0.2, 0.25) is 0 Å². The van der Waals surface area contributed by atoms with Gasteiger partial charge in [-0.1, -0.05) is 41.3 Å². The summed E-state index contributed by atoms with van der Waals surface area (Å²) in [7, 11) is 0. The summed E-state index contributed by atoms with van der Waals surface area (Å²) in [6.07, 6.45) is 1.76. The van der Waals surface area contributed by atoms with Crippen LogP contribution in [0, 0.1) is 0 Å². The van der Waals surface area contributed by atoms with Gasteiger partial charge in [0.25, 0.3) is 0 Å². The van der Waals surface area contributed by atoms with E-state index in [9.17, 15) is 4.79 Å². The molecule has 1 saturated heterocycles. The van der Waals surface area contributed by atoms with E-state index in [1.807, 2.05) is 23.9 Å². The summed E-state index contributed by atoms with van der Waals surface area (Å²) in [5, 5.41) is 14.9. The second-order valence-electron chi connectivity index (χ2n) is 5.97. The lowest BCUT2D eigenvalue weighted by atomic mass is 10.2. The number of benzene rings is 1. The molecule has 144 valence electrons. The van der Waals surface area contributed by atoms with E-state index >= 15 is 0 Å². The minimum Gasteiger partial charge on any atom is -0.357 e. The van der Waals surface area contributed by atoms with E-state index in [1.165, 1.54) is 40.2 Å². The Hall–Kier alpha value is -1.55. The van der Waals surface area contributed by atoms with Crippen molar-refractivity contribution in [3.05, 3.63) is 42.5 Å². The van der Waals surface area contributed by atoms with E-state index in [1.54, 1.807) is 6.08 Å². The van der Waals surface area contributed by atoms with Gasteiger partial charge in [-0.2, -0.15) is 11.8 Å². The molecule has 1 amide bonds. The predicted octanol–water partition coefficient (Wildman–Crippen LogP) is 3.42. The van der Waals surface area contributed by atoms with Crippen molar-refractivity contribution in [2.24, 2.45) is 0 Å². The van der Waals surface area contributed by atoms with Crippen LogP contribution in [-0.4, -0.2) is 57.9 Å². The molecule has 2 N–H and O–H groups in total. The molecule has 0 aliphatic carbocycles. The fraction of sp³-hybridized carbons (Fsp3) is 0.389. The summed E-state index contributed by atoms with van der Waals surface area (Å²) >= 11 is 4.84. The molecule has 2 heterocycles. The number of nitrogens with one attached hydrogen (secondary N) is 2. The van der Waals surface area contributed by atoms with Gasteiger partial charge in [-0.25, -0.2) is 0 Å². The Morgan fingerprint density at radius 1 is 1.33 bits per heavy atom. The number of hydrogen-bond donors (Lipinski definition) is 2. The van der Waals surface area contributed by atoms with E-state index in [4.69, 9.17) is 0 Å². The Bertz CT molecular complexity index is 761. The summed E-state index contributed by atoms with van der Waals surface area (Å²) in [6, 6.07) is 8.11. The Balaban J connectivity index is 1.46. The number of carbonyl (C=O) groups excluding carboxylic acids is 1. The maximum absolute atomic E-state index is 12.2. The number of aromatic nitrogens is 2. The van der Waals surface area contributed by atoms with Crippen molar-refractivity contribution in [1.29, 1.82) is 0 Å². The number of thioether (sulfide) groups is 2. The molecule has 0 radical (unpaired) electrons. The molecule has 0 unspecified atom stereocenters. The summed E-state index contributed by atoms with van der Waals surface area (Å²) in [5.74, 6) is 2.67. The zero-order valence-electron chi connectivity index (χ0n) is 15.0. The third kappa shape index (κ3) is 6.84. The number of hydrogen-bond acceptors (Lipinski definition) is 8. The minimum atomic E-state index is -0.0395. The molecule has 0 saturated carbocycles. The second-order valence-corrected chi connectivity index (χ2v) is 9.39. The molecule has 0 spiro atoms. The molecule has 6 nitrogen and oxygen atoms in total. The molecule has 1 aromatic carbocycles. The van der Waals surface area contributed by atoms with E-state index in [2.05, 4.69) is 44.4 Å². The molecular weight excluding hydrogens is 398 g/mol. The van der Waals surface area contributed by atoms with E-state index in [-0.39, 0.29) is 5.91 Å². The van der Waals surface area contributed by atoms with Crippen LogP contribution in [0.25, 0.3) is 0 Å². The van der Waals surface area contributed by atoms with Crippen LogP contribution in [0.5, 0.6) is 0 Å². The van der Waals surface area contributed by atoms with Crippen LogP contribution in [0.4, 0.5) is 10.8 Å². The molecule has 0 bridgehead atoms. The maximum atomic E-state index is 12.2. The number of nitrogens with zero attached hydrogens (tertiary/aromatic N) is 3. The van der Waals surface area contributed by atoms with Gasteiger partial charge in [0.15, 0.2) is 4.34 Å². The second kappa shape index (κ2) is 10.7. The van der Waals surface area contributed by atoms with Crippen molar-refractivity contribution >= 4 is 51.6 Å². The predicted molar refractivity (Wildman–Crippen MR) is 117 cm³/mol. The molecular formula is C18H23N5OS3. The highest BCUT2D eigenvalue weighted by molar-refractivity contribution is 8.01. The van der Waals surface area contributed by atoms with Crippen LogP contribution in [0.1, 0.15) is 5.56 Å². The topological polar surface area (TPSA) is 70.1 Å². The Labute approximate surface area is 172 Å². The average molecular weight is 422 g/mol. The zero-order chi connectivity index (χ0) is 18.9. The Morgan fingerprint density at radius 2 is 2.19 bits per heavy atom. The van der Waals surface area contributed by atoms with Gasteiger partial charge in [-0.15, -0.1) is 16.8 Å². The highest BCUT2D eigenvalue weighted by Crippen LogP contribution is 2.25. The van der Waals surface area contributed by atoms with Gasteiger partial charge in [-0.3, -0.25) is 9.69 Å². The number of carbonyl (C=O) groups is 1. The number of amides is 1. The lowest BCUT2D eigenvalue weighted by molar-refractivity contribution is -0.113. The van der Waals surface area contributed by atoms with Gasteiger partial charge in [0.2, 0.25) is 11.0 Å². The maximum Gasteiger partial charge on any atom is 0.234 e. The Morgan fingerprint density at radius 3 is 3.00 bits per heavy atom. The number of anilines is 2. The molecule has 1 fully saturated rings. The smallest absolute Gasteiger partial charge is 0.234 e. The SMILES string of the molecule is C=CCNc1nnc(SCC(=O)Nc2cccc(CN3CCSCC3)c2)s1. The van der Waals surface area contributed by atoms with E-state index in [0.29, 0.717) is 12.3 Å². The third-order valence-corrected chi connectivity index (χ3v) is 6.81. The highest BCUT2D eigenvalue weighted by atomic mass is 32.2. The van der Waals surface area contributed by atoms with Gasteiger partial charge in [0, 0.05) is 43.4 Å². The quantitative estimate of drug-likeness (QED) is 0.475. The van der Waals surface area contributed by atoms with Crippen LogP contribution in [0.15, 0.2) is 41.3 Å². The van der Waals surface area contributed by atoms with Crippen molar-refractivity contribution < 1.29 is 4.79 Å². The molecule has 2 aromatic rings. The summed E-state index contributed by atoms with van der Waals surface area (Å²) in [5.41, 5.74) is 2.07. The summed E-state index contributed by atoms with van der Waals surface area (Å²) < 4.78 is 0.772. The first kappa shape index (κ1) is 20.2. The van der Waals surface area contributed by atoms with Crippen molar-refractivity contribution in [2.45, 2.75) is 10.9 Å².